The van der Waals surface area contributed by atoms with Crippen molar-refractivity contribution in [3.63, 3.8) is 0 Å². The van der Waals surface area contributed by atoms with Crippen LogP contribution in [0, 0.1) is 4.91 Å². The number of rotatable bonds is 4. The zero-order chi connectivity index (χ0) is 9.52. The van der Waals surface area contributed by atoms with Gasteiger partial charge in [-0.25, -0.2) is 0 Å². The van der Waals surface area contributed by atoms with Crippen LogP contribution in [0.3, 0.4) is 0 Å². The maximum Gasteiger partial charge on any atom is 0.171 e. The maximum absolute atomic E-state index is 10.2. The van der Waals surface area contributed by atoms with E-state index in [1.54, 1.807) is 24.3 Å². The highest BCUT2D eigenvalue weighted by molar-refractivity contribution is 5.78. The van der Waals surface area contributed by atoms with Crippen molar-refractivity contribution in [2.24, 2.45) is 5.34 Å². The van der Waals surface area contributed by atoms with Crippen molar-refractivity contribution in [2.45, 2.75) is 0 Å². The van der Waals surface area contributed by atoms with Gasteiger partial charge in [0.2, 0.25) is 0 Å². The molecule has 0 aliphatic heterocycles. The fraction of sp³-hybridized carbons (Fsp3) is 0. The number of nitrogens with zero attached hydrogens (tertiary/aromatic N) is 1. The Hall–Kier alpha value is -1.97. The highest BCUT2D eigenvalue weighted by Gasteiger charge is 2.01. The van der Waals surface area contributed by atoms with Crippen molar-refractivity contribution >= 4 is 12.0 Å². The molecule has 0 N–H and O–H groups in total. The van der Waals surface area contributed by atoms with Gasteiger partial charge in [0.25, 0.3) is 0 Å². The van der Waals surface area contributed by atoms with Crippen molar-refractivity contribution in [1.29, 1.82) is 0 Å². The Labute approximate surface area is 74.8 Å². The average molecular weight is 177 g/mol. The van der Waals surface area contributed by atoms with Crippen LogP contribution in [0.4, 0.5) is 0 Å². The summed E-state index contributed by atoms with van der Waals surface area (Å²) in [5.74, 6) is 0.144. The quantitative estimate of drug-likeness (QED) is 0.232. The van der Waals surface area contributed by atoms with Gasteiger partial charge < -0.3 is 4.84 Å². The fourth-order valence-corrected chi connectivity index (χ4v) is 0.884. The van der Waals surface area contributed by atoms with E-state index >= 15 is 0 Å². The summed E-state index contributed by atoms with van der Waals surface area (Å²) in [6, 6.07) is 8.77. The molecule has 0 spiro atoms. The predicted molar refractivity (Wildman–Crippen MR) is 47.4 cm³/mol. The van der Waals surface area contributed by atoms with Gasteiger partial charge in [-0.15, -0.1) is 4.91 Å². The van der Waals surface area contributed by atoms with Gasteiger partial charge in [-0.05, 0) is 0 Å². The summed E-state index contributed by atoms with van der Waals surface area (Å²) < 4.78 is 0. The molecule has 0 aliphatic carbocycles. The van der Waals surface area contributed by atoms with Gasteiger partial charge in [0.05, 0.1) is 0 Å². The van der Waals surface area contributed by atoms with E-state index in [-0.39, 0.29) is 5.76 Å². The molecule has 0 saturated heterocycles. The zero-order valence-electron chi connectivity index (χ0n) is 6.71. The summed E-state index contributed by atoms with van der Waals surface area (Å²) in [6.45, 7) is 0. The molecule has 13 heavy (non-hydrogen) atoms. The molecule has 0 bridgehead atoms. The van der Waals surface area contributed by atoms with Crippen LogP contribution in [-0.2, 0) is 9.63 Å². The first kappa shape index (κ1) is 9.12. The first-order valence-corrected chi connectivity index (χ1v) is 3.59. The monoisotopic (exact) mass is 177 g/mol. The molecule has 0 radical (unpaired) electrons. The van der Waals surface area contributed by atoms with Crippen molar-refractivity contribution in [3.05, 3.63) is 46.9 Å². The van der Waals surface area contributed by atoms with Crippen molar-refractivity contribution in [1.82, 2.24) is 0 Å². The van der Waals surface area contributed by atoms with Crippen LogP contribution >= 0.6 is 0 Å². The summed E-state index contributed by atoms with van der Waals surface area (Å²) in [7, 11) is 0. The molecule has 0 heterocycles. The lowest BCUT2D eigenvalue weighted by Gasteiger charge is -1.99. The standard InChI is InChI=1S/C9H7NO3/c11-7-6-9(13-10-12)8-4-2-1-3-5-8/h1-7H. The third-order valence-electron chi connectivity index (χ3n) is 1.41. The van der Waals surface area contributed by atoms with Gasteiger partial charge in [0, 0.05) is 11.6 Å². The number of benzene rings is 1. The van der Waals surface area contributed by atoms with Gasteiger partial charge in [-0.3, -0.25) is 4.79 Å². The fourth-order valence-electron chi connectivity index (χ4n) is 0.884. The van der Waals surface area contributed by atoms with Crippen molar-refractivity contribution in [3.8, 4) is 0 Å². The number of carbonyl (C=O) groups is 1. The van der Waals surface area contributed by atoms with Crippen LogP contribution in [-0.4, -0.2) is 6.29 Å². The lowest BCUT2D eigenvalue weighted by Crippen LogP contribution is -1.85. The van der Waals surface area contributed by atoms with Gasteiger partial charge >= 0.3 is 0 Å². The minimum absolute atomic E-state index is 0.144. The minimum atomic E-state index is 0.144. The van der Waals surface area contributed by atoms with Gasteiger partial charge in [-0.1, -0.05) is 30.3 Å². The summed E-state index contributed by atoms with van der Waals surface area (Å²) in [5.41, 5.74) is 0.634. The molecule has 66 valence electrons. The van der Waals surface area contributed by atoms with E-state index in [1.807, 2.05) is 6.07 Å². The van der Waals surface area contributed by atoms with Crippen LogP contribution in [0.1, 0.15) is 5.56 Å². The predicted octanol–water partition coefficient (Wildman–Crippen LogP) is 1.92. The number of aldehydes is 1. The second kappa shape index (κ2) is 4.82. The van der Waals surface area contributed by atoms with E-state index in [2.05, 4.69) is 10.2 Å². The topological polar surface area (TPSA) is 55.7 Å². The maximum atomic E-state index is 10.2. The Morgan fingerprint density at radius 2 is 2.00 bits per heavy atom. The molecule has 0 amide bonds. The van der Waals surface area contributed by atoms with E-state index in [0.717, 1.165) is 6.08 Å². The normalized spacial score (nSPS) is 10.6. The number of hydrogen-bond acceptors (Lipinski definition) is 4. The molecular weight excluding hydrogens is 170 g/mol. The molecule has 4 heteroatoms. The van der Waals surface area contributed by atoms with E-state index < -0.39 is 0 Å². The largest absolute Gasteiger partial charge is 0.323 e. The molecular formula is C9H7NO3. The molecule has 0 saturated carbocycles. The first-order valence-electron chi connectivity index (χ1n) is 3.59. The Balaban J connectivity index is 2.95. The van der Waals surface area contributed by atoms with Crippen molar-refractivity contribution in [2.75, 3.05) is 0 Å². The molecule has 0 aliphatic rings. The summed E-state index contributed by atoms with van der Waals surface area (Å²) in [5, 5.41) is 2.25. The summed E-state index contributed by atoms with van der Waals surface area (Å²) in [6.07, 6.45) is 1.67. The smallest absolute Gasteiger partial charge is 0.171 e. The molecule has 0 unspecified atom stereocenters. The molecule has 1 aromatic carbocycles. The molecule has 1 aromatic rings. The highest BCUT2D eigenvalue weighted by Crippen LogP contribution is 2.14. The van der Waals surface area contributed by atoms with Gasteiger partial charge in [0.15, 0.2) is 11.1 Å². The third kappa shape index (κ3) is 2.52. The lowest BCUT2D eigenvalue weighted by atomic mass is 10.2. The molecule has 0 atom stereocenters. The van der Waals surface area contributed by atoms with E-state index in [9.17, 15) is 9.70 Å². The number of hydrogen-bond donors (Lipinski definition) is 0. The first-order chi connectivity index (χ1) is 6.38. The molecule has 4 nitrogen and oxygen atoms in total. The van der Waals surface area contributed by atoms with Crippen molar-refractivity contribution < 1.29 is 9.63 Å². The van der Waals surface area contributed by atoms with Crippen LogP contribution in [0.15, 0.2) is 41.7 Å². The average Bonchev–Trinajstić information content (AvgIpc) is 2.19. The minimum Gasteiger partial charge on any atom is -0.323 e. The molecule has 1 rings (SSSR count). The second-order valence-corrected chi connectivity index (χ2v) is 2.20. The number of allylic oxidation sites excluding steroid dienone is 1. The van der Waals surface area contributed by atoms with E-state index in [1.165, 1.54) is 0 Å². The van der Waals surface area contributed by atoms with Crippen LogP contribution in [0.25, 0.3) is 5.76 Å². The molecule has 0 aromatic heterocycles. The number of carbonyl (C=O) groups excluding carboxylic acids is 1. The summed E-state index contributed by atoms with van der Waals surface area (Å²) >= 11 is 0. The van der Waals surface area contributed by atoms with Crippen LogP contribution in [0.2, 0.25) is 0 Å². The SMILES string of the molecule is O=CC=C(ON=O)c1ccccc1. The second-order valence-electron chi connectivity index (χ2n) is 2.20. The zero-order valence-corrected chi connectivity index (χ0v) is 6.71. The van der Waals surface area contributed by atoms with Crippen LogP contribution in [0.5, 0.6) is 0 Å². The van der Waals surface area contributed by atoms with Gasteiger partial charge in [-0.2, -0.15) is 0 Å². The highest BCUT2D eigenvalue weighted by atomic mass is 16.7. The van der Waals surface area contributed by atoms with E-state index in [4.69, 9.17) is 0 Å². The lowest BCUT2D eigenvalue weighted by molar-refractivity contribution is -0.104. The Bertz CT molecular complexity index is 319. The Morgan fingerprint density at radius 1 is 1.31 bits per heavy atom. The molecule has 0 fully saturated rings. The van der Waals surface area contributed by atoms with Crippen LogP contribution < -0.4 is 0 Å². The van der Waals surface area contributed by atoms with E-state index in [0.29, 0.717) is 11.8 Å². The Kier molecular flexibility index (Phi) is 3.38. The summed E-state index contributed by atoms with van der Waals surface area (Å²) in [4.78, 5) is 24.4. The Morgan fingerprint density at radius 3 is 2.54 bits per heavy atom. The third-order valence-corrected chi connectivity index (χ3v) is 1.41. The van der Waals surface area contributed by atoms with Gasteiger partial charge in [0.1, 0.15) is 6.29 Å².